The molecule has 6 aromatic carbocycles. The third-order valence-electron chi connectivity index (χ3n) is 7.66. The normalized spacial score (nSPS) is 11.3. The standard InChI is InChI=1S/C38H30N2O2/c1-25-8-14-30(15-9-25)41-23-27-12-18-32-33-19-13-28(24-42-31-16-10-26(2)11-17-31)21-35(33)38-37(34(32)20-27)39-22-36(40-38)29-6-4-3-5-7-29/h3-22H,23-24H2,1-2H3. The molecule has 0 bridgehead atoms. The highest BCUT2D eigenvalue weighted by molar-refractivity contribution is 6.23. The molecule has 4 heteroatoms. The van der Waals surface area contributed by atoms with Crippen LogP contribution in [0.3, 0.4) is 0 Å². The molecule has 0 aliphatic carbocycles. The highest BCUT2D eigenvalue weighted by atomic mass is 16.5. The molecule has 0 radical (unpaired) electrons. The van der Waals surface area contributed by atoms with Crippen molar-refractivity contribution < 1.29 is 9.47 Å². The highest BCUT2D eigenvalue weighted by Gasteiger charge is 2.14. The second kappa shape index (κ2) is 11.0. The zero-order chi connectivity index (χ0) is 28.5. The van der Waals surface area contributed by atoms with E-state index in [9.17, 15) is 0 Å². The summed E-state index contributed by atoms with van der Waals surface area (Å²) in [6, 6.07) is 39.6. The van der Waals surface area contributed by atoms with Crippen molar-refractivity contribution in [3.05, 3.63) is 144 Å². The quantitative estimate of drug-likeness (QED) is 0.187. The van der Waals surface area contributed by atoms with Crippen LogP contribution in [0.1, 0.15) is 22.3 Å². The predicted molar refractivity (Wildman–Crippen MR) is 171 cm³/mol. The Hall–Kier alpha value is -5.22. The lowest BCUT2D eigenvalue weighted by Gasteiger charge is -2.14. The van der Waals surface area contributed by atoms with E-state index in [4.69, 9.17) is 19.4 Å². The van der Waals surface area contributed by atoms with Crippen molar-refractivity contribution >= 4 is 32.6 Å². The van der Waals surface area contributed by atoms with Crippen LogP contribution in [0.4, 0.5) is 0 Å². The topological polar surface area (TPSA) is 44.2 Å². The average Bonchev–Trinajstić information content (AvgIpc) is 3.04. The maximum atomic E-state index is 6.12. The summed E-state index contributed by atoms with van der Waals surface area (Å²) in [5.41, 5.74) is 8.25. The van der Waals surface area contributed by atoms with Gasteiger partial charge in [-0.25, -0.2) is 4.98 Å². The molecule has 42 heavy (non-hydrogen) atoms. The van der Waals surface area contributed by atoms with Crippen molar-refractivity contribution in [1.82, 2.24) is 9.97 Å². The van der Waals surface area contributed by atoms with Gasteiger partial charge in [-0.1, -0.05) is 90.0 Å². The third kappa shape index (κ3) is 5.15. The van der Waals surface area contributed by atoms with E-state index < -0.39 is 0 Å². The van der Waals surface area contributed by atoms with Crippen molar-refractivity contribution in [2.45, 2.75) is 27.1 Å². The zero-order valence-electron chi connectivity index (χ0n) is 23.7. The van der Waals surface area contributed by atoms with Gasteiger partial charge in [0.05, 0.1) is 22.9 Å². The van der Waals surface area contributed by atoms with Crippen molar-refractivity contribution in [2.24, 2.45) is 0 Å². The van der Waals surface area contributed by atoms with Crippen LogP contribution >= 0.6 is 0 Å². The van der Waals surface area contributed by atoms with Gasteiger partial charge in [0.25, 0.3) is 0 Å². The van der Waals surface area contributed by atoms with E-state index in [1.54, 1.807) is 0 Å². The smallest absolute Gasteiger partial charge is 0.119 e. The summed E-state index contributed by atoms with van der Waals surface area (Å²) in [5.74, 6) is 1.72. The average molecular weight is 547 g/mol. The van der Waals surface area contributed by atoms with Crippen molar-refractivity contribution in [3.8, 4) is 22.8 Å². The minimum atomic E-state index is 0.472. The molecule has 0 unspecified atom stereocenters. The summed E-state index contributed by atoms with van der Waals surface area (Å²) in [7, 11) is 0. The van der Waals surface area contributed by atoms with Crippen LogP contribution in [-0.2, 0) is 13.2 Å². The predicted octanol–water partition coefficient (Wildman–Crippen LogP) is 9.38. The molecule has 0 aliphatic rings. The Balaban J connectivity index is 1.33. The Morgan fingerprint density at radius 1 is 0.524 bits per heavy atom. The molecule has 7 aromatic rings. The molecule has 0 spiro atoms. The number of benzene rings is 6. The van der Waals surface area contributed by atoms with Gasteiger partial charge >= 0.3 is 0 Å². The fraction of sp³-hybridized carbons (Fsp3) is 0.105. The van der Waals surface area contributed by atoms with E-state index in [0.717, 1.165) is 66.5 Å². The largest absolute Gasteiger partial charge is 0.489 e. The van der Waals surface area contributed by atoms with E-state index in [2.05, 4.69) is 86.6 Å². The first-order chi connectivity index (χ1) is 20.6. The fourth-order valence-corrected chi connectivity index (χ4v) is 5.35. The van der Waals surface area contributed by atoms with E-state index in [-0.39, 0.29) is 0 Å². The maximum Gasteiger partial charge on any atom is 0.119 e. The molecule has 0 saturated heterocycles. The van der Waals surface area contributed by atoms with Crippen molar-refractivity contribution in [1.29, 1.82) is 0 Å². The molecule has 204 valence electrons. The second-order valence-corrected chi connectivity index (χ2v) is 10.8. The van der Waals surface area contributed by atoms with E-state index in [1.807, 2.05) is 48.7 Å². The van der Waals surface area contributed by atoms with Crippen LogP contribution in [0.15, 0.2) is 121 Å². The van der Waals surface area contributed by atoms with Crippen LogP contribution < -0.4 is 9.47 Å². The molecule has 4 nitrogen and oxygen atoms in total. The van der Waals surface area contributed by atoms with Crippen molar-refractivity contribution in [2.75, 3.05) is 0 Å². The first-order valence-electron chi connectivity index (χ1n) is 14.2. The molecule has 0 fully saturated rings. The number of hydrogen-bond acceptors (Lipinski definition) is 4. The Labute approximate surface area is 245 Å². The molecule has 1 aromatic heterocycles. The summed E-state index contributed by atoms with van der Waals surface area (Å²) in [4.78, 5) is 10.2. The first-order valence-corrected chi connectivity index (χ1v) is 14.2. The highest BCUT2D eigenvalue weighted by Crippen LogP contribution is 2.35. The molecule has 0 amide bonds. The summed E-state index contributed by atoms with van der Waals surface area (Å²) in [6.45, 7) is 5.10. The molecule has 0 N–H and O–H groups in total. The Kier molecular flexibility index (Phi) is 6.73. The van der Waals surface area contributed by atoms with E-state index in [1.165, 1.54) is 11.1 Å². The summed E-state index contributed by atoms with van der Waals surface area (Å²) >= 11 is 0. The fourth-order valence-electron chi connectivity index (χ4n) is 5.35. The van der Waals surface area contributed by atoms with Crippen LogP contribution in [0.2, 0.25) is 0 Å². The van der Waals surface area contributed by atoms with Gasteiger partial charge < -0.3 is 9.47 Å². The van der Waals surface area contributed by atoms with Crippen LogP contribution in [0.5, 0.6) is 11.5 Å². The lowest BCUT2D eigenvalue weighted by atomic mass is 9.96. The van der Waals surface area contributed by atoms with E-state index >= 15 is 0 Å². The lowest BCUT2D eigenvalue weighted by Crippen LogP contribution is -1.98. The maximum absolute atomic E-state index is 6.12. The minimum absolute atomic E-state index is 0.472. The number of hydrogen-bond donors (Lipinski definition) is 0. The Morgan fingerprint density at radius 3 is 1.60 bits per heavy atom. The molecule has 0 saturated carbocycles. The minimum Gasteiger partial charge on any atom is -0.489 e. The Morgan fingerprint density at radius 2 is 1.05 bits per heavy atom. The van der Waals surface area contributed by atoms with Gasteiger partial charge in [-0.2, -0.15) is 0 Å². The summed E-state index contributed by atoms with van der Waals surface area (Å²) in [5, 5.41) is 4.42. The molecule has 0 aliphatic heterocycles. The van der Waals surface area contributed by atoms with Gasteiger partial charge in [0, 0.05) is 16.3 Å². The van der Waals surface area contributed by atoms with Crippen LogP contribution in [0.25, 0.3) is 43.8 Å². The third-order valence-corrected chi connectivity index (χ3v) is 7.66. The molecule has 0 atom stereocenters. The number of fused-ring (bicyclic) bond motifs is 6. The molecular formula is C38H30N2O2. The second-order valence-electron chi connectivity index (χ2n) is 10.8. The monoisotopic (exact) mass is 546 g/mol. The SMILES string of the molecule is Cc1ccc(OCc2ccc3c4ccc(COc5ccc(C)cc5)cc4c4nc(-c5ccccc5)cnc4c3c2)cc1. The molecular weight excluding hydrogens is 516 g/mol. The van der Waals surface area contributed by atoms with Crippen LogP contribution in [0, 0.1) is 13.8 Å². The molecule has 7 rings (SSSR count). The lowest BCUT2D eigenvalue weighted by molar-refractivity contribution is 0.306. The number of aromatic nitrogens is 2. The van der Waals surface area contributed by atoms with Gasteiger partial charge in [-0.3, -0.25) is 4.98 Å². The number of nitrogens with zero attached hydrogens (tertiary/aromatic N) is 2. The van der Waals surface area contributed by atoms with Gasteiger partial charge in [0.15, 0.2) is 0 Å². The molecule has 1 heterocycles. The first kappa shape index (κ1) is 25.7. The van der Waals surface area contributed by atoms with Gasteiger partial charge in [0.1, 0.15) is 24.7 Å². The van der Waals surface area contributed by atoms with Gasteiger partial charge in [-0.15, -0.1) is 0 Å². The number of rotatable bonds is 7. The van der Waals surface area contributed by atoms with Crippen molar-refractivity contribution in [3.63, 3.8) is 0 Å². The van der Waals surface area contributed by atoms with Gasteiger partial charge in [0.2, 0.25) is 0 Å². The Bertz CT molecular complexity index is 2030. The summed E-state index contributed by atoms with van der Waals surface area (Å²) in [6.07, 6.45) is 1.88. The van der Waals surface area contributed by atoms with Gasteiger partial charge in [-0.05, 0) is 72.1 Å². The summed E-state index contributed by atoms with van der Waals surface area (Å²) < 4.78 is 12.2. The number of aryl methyl sites for hydroxylation is 2. The zero-order valence-corrected chi connectivity index (χ0v) is 23.7. The van der Waals surface area contributed by atoms with Crippen LogP contribution in [-0.4, -0.2) is 9.97 Å². The van der Waals surface area contributed by atoms with E-state index in [0.29, 0.717) is 13.2 Å². The number of ether oxygens (including phenoxy) is 2.